The quantitative estimate of drug-likeness (QED) is 0.861. The Hall–Kier alpha value is -1.47. The molecule has 0 unspecified atom stereocenters. The molecule has 0 aliphatic heterocycles. The summed E-state index contributed by atoms with van der Waals surface area (Å²) < 4.78 is 14.2. The molecule has 2 heterocycles. The van der Waals surface area contributed by atoms with E-state index < -0.39 is 5.82 Å². The Morgan fingerprint density at radius 3 is 3.00 bits per heavy atom. The van der Waals surface area contributed by atoms with Crippen molar-refractivity contribution in [1.29, 1.82) is 0 Å². The first-order chi connectivity index (χ1) is 9.61. The number of rotatable bonds is 5. The second-order valence-electron chi connectivity index (χ2n) is 3.95. The first-order valence-electron chi connectivity index (χ1n) is 6.01. The van der Waals surface area contributed by atoms with Crippen molar-refractivity contribution in [2.75, 3.05) is 11.9 Å². The maximum atomic E-state index is 13.2. The summed E-state index contributed by atoms with van der Waals surface area (Å²) in [6, 6.07) is 3.10. The number of nitrogens with zero attached hydrogens (tertiary/aromatic N) is 1. The van der Waals surface area contributed by atoms with Crippen molar-refractivity contribution in [3.63, 3.8) is 0 Å². The normalized spacial score (nSPS) is 10.3. The minimum Gasteiger partial charge on any atom is -0.370 e. The zero-order chi connectivity index (χ0) is 14.5. The number of anilines is 1. The minimum atomic E-state index is -0.533. The van der Waals surface area contributed by atoms with Crippen LogP contribution in [0.25, 0.3) is 0 Å². The second kappa shape index (κ2) is 6.81. The number of carbonyl (C=O) groups is 1. The third-order valence-electron chi connectivity index (χ3n) is 2.54. The molecule has 0 radical (unpaired) electrons. The zero-order valence-corrected chi connectivity index (χ0v) is 13.1. The third-order valence-corrected chi connectivity index (χ3v) is 4.47. The molecule has 106 valence electrons. The highest BCUT2D eigenvalue weighted by atomic mass is 79.9. The van der Waals surface area contributed by atoms with E-state index in [1.54, 1.807) is 0 Å². The van der Waals surface area contributed by atoms with Gasteiger partial charge in [-0.3, -0.25) is 4.79 Å². The fourth-order valence-electron chi connectivity index (χ4n) is 1.63. The number of halogens is 2. The predicted octanol–water partition coefficient (Wildman–Crippen LogP) is 3.41. The van der Waals surface area contributed by atoms with Crippen LogP contribution in [0, 0.1) is 5.82 Å². The van der Waals surface area contributed by atoms with Crippen LogP contribution in [0.4, 0.5) is 10.2 Å². The second-order valence-corrected chi connectivity index (χ2v) is 5.81. The van der Waals surface area contributed by atoms with Crippen molar-refractivity contribution in [2.24, 2.45) is 0 Å². The molecule has 0 atom stereocenters. The molecule has 7 heteroatoms. The summed E-state index contributed by atoms with van der Waals surface area (Å²) in [5, 5.41) is 7.64. The van der Waals surface area contributed by atoms with Gasteiger partial charge >= 0.3 is 0 Å². The number of carbonyl (C=O) groups excluding carboxylic acids is 1. The summed E-state index contributed by atoms with van der Waals surface area (Å²) in [6.45, 7) is 2.88. The summed E-state index contributed by atoms with van der Waals surface area (Å²) in [6.07, 6.45) is 1.09. The van der Waals surface area contributed by atoms with Gasteiger partial charge < -0.3 is 10.6 Å². The Kier molecular flexibility index (Phi) is 5.08. The molecule has 20 heavy (non-hydrogen) atoms. The molecule has 0 aliphatic rings. The molecule has 2 rings (SSSR count). The highest BCUT2D eigenvalue weighted by Gasteiger charge is 2.14. The molecule has 4 nitrogen and oxygen atoms in total. The van der Waals surface area contributed by atoms with Crippen LogP contribution in [0.15, 0.2) is 28.2 Å². The molecule has 2 N–H and O–H groups in total. The molecule has 2 aromatic rings. The Balaban J connectivity index is 2.12. The molecule has 0 fully saturated rings. The lowest BCUT2D eigenvalue weighted by molar-refractivity contribution is 0.0951. The molecule has 2 aromatic heterocycles. The number of amides is 1. The summed E-state index contributed by atoms with van der Waals surface area (Å²) >= 11 is 4.94. The van der Waals surface area contributed by atoms with Crippen molar-refractivity contribution < 1.29 is 9.18 Å². The average molecular weight is 358 g/mol. The predicted molar refractivity (Wildman–Crippen MR) is 81.5 cm³/mol. The topological polar surface area (TPSA) is 54.0 Å². The molecule has 1 amide bonds. The first kappa shape index (κ1) is 14.9. The van der Waals surface area contributed by atoms with Gasteiger partial charge in [0, 0.05) is 15.9 Å². The molecule has 0 bridgehead atoms. The van der Waals surface area contributed by atoms with Gasteiger partial charge in [0.25, 0.3) is 5.91 Å². The van der Waals surface area contributed by atoms with Crippen LogP contribution in [-0.4, -0.2) is 17.4 Å². The molecule has 0 aliphatic carbocycles. The van der Waals surface area contributed by atoms with Crippen LogP contribution in [-0.2, 0) is 6.54 Å². The molecule has 0 spiro atoms. The number of nitrogens with one attached hydrogen (secondary N) is 2. The summed E-state index contributed by atoms with van der Waals surface area (Å²) in [5.74, 6) is -0.501. The van der Waals surface area contributed by atoms with Crippen LogP contribution in [0.3, 0.4) is 0 Å². The Morgan fingerprint density at radius 2 is 2.35 bits per heavy atom. The van der Waals surface area contributed by atoms with Gasteiger partial charge in [-0.2, -0.15) is 0 Å². The minimum absolute atomic E-state index is 0.208. The monoisotopic (exact) mass is 357 g/mol. The van der Waals surface area contributed by atoms with E-state index in [0.29, 0.717) is 18.9 Å². The number of pyridine rings is 1. The van der Waals surface area contributed by atoms with Crippen LogP contribution in [0.1, 0.15) is 22.2 Å². The highest BCUT2D eigenvalue weighted by molar-refractivity contribution is 9.10. The lowest BCUT2D eigenvalue weighted by Gasteiger charge is -2.10. The summed E-state index contributed by atoms with van der Waals surface area (Å²) in [4.78, 5) is 17.0. The molecule has 0 saturated heterocycles. The van der Waals surface area contributed by atoms with E-state index in [4.69, 9.17) is 0 Å². The highest BCUT2D eigenvalue weighted by Crippen LogP contribution is 2.22. The van der Waals surface area contributed by atoms with E-state index in [-0.39, 0.29) is 11.5 Å². The maximum absolute atomic E-state index is 13.2. The molecular weight excluding hydrogens is 345 g/mol. The van der Waals surface area contributed by atoms with Crippen molar-refractivity contribution in [1.82, 2.24) is 10.3 Å². The van der Waals surface area contributed by atoms with Crippen LogP contribution < -0.4 is 10.6 Å². The Labute approximate surface area is 128 Å². The van der Waals surface area contributed by atoms with Crippen molar-refractivity contribution in [3.8, 4) is 0 Å². The molecule has 0 aromatic carbocycles. The van der Waals surface area contributed by atoms with Crippen molar-refractivity contribution >= 4 is 39.0 Å². The fraction of sp³-hybridized carbons (Fsp3) is 0.231. The summed E-state index contributed by atoms with van der Waals surface area (Å²) in [5.41, 5.74) is 0.208. The van der Waals surface area contributed by atoms with Crippen LogP contribution in [0.5, 0.6) is 0 Å². The van der Waals surface area contributed by atoms with Crippen LogP contribution in [0.2, 0.25) is 0 Å². The van der Waals surface area contributed by atoms with E-state index in [9.17, 15) is 9.18 Å². The van der Waals surface area contributed by atoms with Gasteiger partial charge in [0.2, 0.25) is 0 Å². The van der Waals surface area contributed by atoms with E-state index in [2.05, 4.69) is 31.5 Å². The number of thiophene rings is 1. The SMILES string of the molecule is CCNc1ncc(F)cc1C(=O)NCc1sccc1Br. The van der Waals surface area contributed by atoms with E-state index >= 15 is 0 Å². The number of aromatic nitrogens is 1. The van der Waals surface area contributed by atoms with Gasteiger partial charge in [0.1, 0.15) is 11.6 Å². The zero-order valence-electron chi connectivity index (χ0n) is 10.7. The van der Waals surface area contributed by atoms with Crippen molar-refractivity contribution in [3.05, 3.63) is 44.4 Å². The lowest BCUT2D eigenvalue weighted by atomic mass is 10.2. The van der Waals surface area contributed by atoms with Gasteiger partial charge in [-0.25, -0.2) is 9.37 Å². The largest absolute Gasteiger partial charge is 0.370 e. The van der Waals surface area contributed by atoms with Gasteiger partial charge in [0.05, 0.1) is 18.3 Å². The fourth-order valence-corrected chi connectivity index (χ4v) is 3.06. The number of hydrogen-bond acceptors (Lipinski definition) is 4. The average Bonchev–Trinajstić information content (AvgIpc) is 2.84. The van der Waals surface area contributed by atoms with Gasteiger partial charge in [-0.05, 0) is 40.4 Å². The van der Waals surface area contributed by atoms with E-state index in [1.165, 1.54) is 17.4 Å². The molecular formula is C13H13BrFN3OS. The van der Waals surface area contributed by atoms with Crippen molar-refractivity contribution in [2.45, 2.75) is 13.5 Å². The maximum Gasteiger partial charge on any atom is 0.255 e. The lowest BCUT2D eigenvalue weighted by Crippen LogP contribution is -2.24. The van der Waals surface area contributed by atoms with Crippen LogP contribution >= 0.6 is 27.3 Å². The Morgan fingerprint density at radius 1 is 1.55 bits per heavy atom. The van der Waals surface area contributed by atoms with Gasteiger partial charge in [-0.1, -0.05) is 0 Å². The molecule has 0 saturated carbocycles. The Bertz CT molecular complexity index is 617. The van der Waals surface area contributed by atoms with Gasteiger partial charge in [0.15, 0.2) is 0 Å². The van der Waals surface area contributed by atoms with Gasteiger partial charge in [-0.15, -0.1) is 11.3 Å². The number of hydrogen-bond donors (Lipinski definition) is 2. The van der Waals surface area contributed by atoms with E-state index in [0.717, 1.165) is 15.5 Å². The first-order valence-corrected chi connectivity index (χ1v) is 7.68. The third kappa shape index (κ3) is 3.55. The summed E-state index contributed by atoms with van der Waals surface area (Å²) in [7, 11) is 0. The van der Waals surface area contributed by atoms with E-state index in [1.807, 2.05) is 18.4 Å². The standard InChI is InChI=1S/C13H13BrFN3OS/c1-2-16-12-9(5-8(15)6-17-12)13(19)18-7-11-10(14)3-4-20-11/h3-6H,2,7H2,1H3,(H,16,17)(H,18,19). The smallest absolute Gasteiger partial charge is 0.255 e.